The molecule has 12 heavy (non-hydrogen) atoms. The Hall–Kier alpha value is -0.900. The van der Waals surface area contributed by atoms with E-state index < -0.39 is 5.97 Å². The van der Waals surface area contributed by atoms with Crippen molar-refractivity contribution in [2.75, 3.05) is 6.61 Å². The fraction of sp³-hybridized carbons (Fsp3) is 0.375. The SMILES string of the molecule is CCCOC(=O)c1cc(F)cs1. The van der Waals surface area contributed by atoms with Gasteiger partial charge in [0.25, 0.3) is 0 Å². The van der Waals surface area contributed by atoms with Gasteiger partial charge in [-0.25, -0.2) is 9.18 Å². The van der Waals surface area contributed by atoms with Gasteiger partial charge in [0, 0.05) is 5.38 Å². The van der Waals surface area contributed by atoms with Crippen molar-refractivity contribution >= 4 is 17.3 Å². The van der Waals surface area contributed by atoms with Gasteiger partial charge < -0.3 is 4.74 Å². The van der Waals surface area contributed by atoms with Crippen LogP contribution in [0, 0.1) is 5.82 Å². The summed E-state index contributed by atoms with van der Waals surface area (Å²) in [7, 11) is 0. The maximum atomic E-state index is 12.4. The summed E-state index contributed by atoms with van der Waals surface area (Å²) in [5, 5.41) is 1.28. The molecule has 1 aromatic rings. The molecule has 0 aliphatic heterocycles. The number of thiophene rings is 1. The zero-order chi connectivity index (χ0) is 8.97. The number of halogens is 1. The number of hydrogen-bond donors (Lipinski definition) is 0. The smallest absolute Gasteiger partial charge is 0.348 e. The Kier molecular flexibility index (Phi) is 3.22. The van der Waals surface area contributed by atoms with E-state index in [0.717, 1.165) is 17.8 Å². The van der Waals surface area contributed by atoms with Crippen molar-refractivity contribution in [3.05, 3.63) is 22.1 Å². The second-order valence-corrected chi connectivity index (χ2v) is 3.18. The van der Waals surface area contributed by atoms with Crippen molar-refractivity contribution in [2.24, 2.45) is 0 Å². The van der Waals surface area contributed by atoms with Gasteiger partial charge >= 0.3 is 5.97 Å². The van der Waals surface area contributed by atoms with Crippen LogP contribution < -0.4 is 0 Å². The van der Waals surface area contributed by atoms with Crippen LogP contribution in [0.25, 0.3) is 0 Å². The predicted octanol–water partition coefficient (Wildman–Crippen LogP) is 2.45. The largest absolute Gasteiger partial charge is 0.462 e. The van der Waals surface area contributed by atoms with Crippen LogP contribution >= 0.6 is 11.3 Å². The molecule has 0 spiro atoms. The average Bonchev–Trinajstić information content (AvgIpc) is 2.47. The summed E-state index contributed by atoms with van der Waals surface area (Å²) in [5.41, 5.74) is 0. The van der Waals surface area contributed by atoms with E-state index >= 15 is 0 Å². The van der Waals surface area contributed by atoms with Gasteiger partial charge in [-0.15, -0.1) is 11.3 Å². The lowest BCUT2D eigenvalue weighted by Crippen LogP contribution is -2.03. The minimum atomic E-state index is -0.439. The van der Waals surface area contributed by atoms with E-state index in [1.165, 1.54) is 11.4 Å². The van der Waals surface area contributed by atoms with Crippen LogP contribution in [0.3, 0.4) is 0 Å². The lowest BCUT2D eigenvalue weighted by atomic mass is 10.4. The topological polar surface area (TPSA) is 26.3 Å². The monoisotopic (exact) mass is 188 g/mol. The molecule has 0 amide bonds. The lowest BCUT2D eigenvalue weighted by molar-refractivity contribution is 0.0510. The number of esters is 1. The Morgan fingerprint density at radius 2 is 2.50 bits per heavy atom. The van der Waals surface area contributed by atoms with Crippen LogP contribution in [0.15, 0.2) is 11.4 Å². The zero-order valence-electron chi connectivity index (χ0n) is 6.67. The van der Waals surface area contributed by atoms with E-state index in [9.17, 15) is 9.18 Å². The number of carbonyl (C=O) groups is 1. The molecule has 66 valence electrons. The Labute approximate surface area is 74.0 Å². The quantitative estimate of drug-likeness (QED) is 0.681. The van der Waals surface area contributed by atoms with Crippen molar-refractivity contribution in [3.8, 4) is 0 Å². The normalized spacial score (nSPS) is 9.83. The fourth-order valence-corrected chi connectivity index (χ4v) is 1.33. The molecule has 0 radical (unpaired) electrons. The Balaban J connectivity index is 2.53. The lowest BCUT2D eigenvalue weighted by Gasteiger charge is -1.98. The molecule has 0 aliphatic rings. The van der Waals surface area contributed by atoms with Crippen LogP contribution in [-0.2, 0) is 4.74 Å². The third-order valence-corrected chi connectivity index (χ3v) is 2.09. The molecular formula is C8H9FO2S. The predicted molar refractivity (Wildman–Crippen MR) is 44.9 cm³/mol. The van der Waals surface area contributed by atoms with Crippen LogP contribution in [0.4, 0.5) is 4.39 Å². The van der Waals surface area contributed by atoms with Crippen molar-refractivity contribution < 1.29 is 13.9 Å². The molecule has 1 aromatic heterocycles. The summed E-state index contributed by atoms with van der Waals surface area (Å²) in [6, 6.07) is 1.18. The summed E-state index contributed by atoms with van der Waals surface area (Å²) in [5.74, 6) is -0.825. The first-order valence-corrected chi connectivity index (χ1v) is 4.53. The first-order valence-electron chi connectivity index (χ1n) is 3.65. The molecule has 0 N–H and O–H groups in total. The minimum absolute atomic E-state index is 0.320. The summed E-state index contributed by atoms with van der Waals surface area (Å²) in [4.78, 5) is 11.4. The van der Waals surface area contributed by atoms with E-state index in [1.54, 1.807) is 0 Å². The zero-order valence-corrected chi connectivity index (χ0v) is 7.49. The molecular weight excluding hydrogens is 179 g/mol. The molecule has 0 unspecified atom stereocenters. The third-order valence-electron chi connectivity index (χ3n) is 1.21. The molecule has 0 aliphatic carbocycles. The highest BCUT2D eigenvalue weighted by Gasteiger charge is 2.09. The van der Waals surface area contributed by atoms with Gasteiger partial charge in [0.2, 0.25) is 0 Å². The maximum absolute atomic E-state index is 12.4. The molecule has 0 aromatic carbocycles. The molecule has 0 saturated carbocycles. The summed E-state index contributed by atoms with van der Waals surface area (Å²) < 4.78 is 17.2. The van der Waals surface area contributed by atoms with E-state index in [0.29, 0.717) is 11.5 Å². The van der Waals surface area contributed by atoms with Crippen LogP contribution in [0.2, 0.25) is 0 Å². The van der Waals surface area contributed by atoms with Gasteiger partial charge in [0.1, 0.15) is 10.7 Å². The molecule has 0 saturated heterocycles. The van der Waals surface area contributed by atoms with Crippen molar-refractivity contribution in [2.45, 2.75) is 13.3 Å². The Morgan fingerprint density at radius 3 is 3.00 bits per heavy atom. The first kappa shape index (κ1) is 9.19. The highest BCUT2D eigenvalue weighted by Crippen LogP contribution is 2.13. The third kappa shape index (κ3) is 2.30. The number of carbonyl (C=O) groups excluding carboxylic acids is 1. The van der Waals surface area contributed by atoms with Gasteiger partial charge in [0.15, 0.2) is 0 Å². The maximum Gasteiger partial charge on any atom is 0.348 e. The van der Waals surface area contributed by atoms with E-state index in [2.05, 4.69) is 0 Å². The van der Waals surface area contributed by atoms with E-state index in [4.69, 9.17) is 4.74 Å². The van der Waals surface area contributed by atoms with Crippen LogP contribution in [0.1, 0.15) is 23.0 Å². The second-order valence-electron chi connectivity index (χ2n) is 2.27. The van der Waals surface area contributed by atoms with Gasteiger partial charge in [-0.3, -0.25) is 0 Å². The Bertz CT molecular complexity index is 270. The highest BCUT2D eigenvalue weighted by molar-refractivity contribution is 7.12. The van der Waals surface area contributed by atoms with Crippen LogP contribution in [0.5, 0.6) is 0 Å². The van der Waals surface area contributed by atoms with Crippen molar-refractivity contribution in [3.63, 3.8) is 0 Å². The fourth-order valence-electron chi connectivity index (χ4n) is 0.686. The van der Waals surface area contributed by atoms with Crippen LogP contribution in [-0.4, -0.2) is 12.6 Å². The number of ether oxygens (including phenoxy) is 1. The first-order chi connectivity index (χ1) is 5.74. The molecule has 4 heteroatoms. The number of rotatable bonds is 3. The van der Waals surface area contributed by atoms with Crippen molar-refractivity contribution in [1.29, 1.82) is 0 Å². The molecule has 2 nitrogen and oxygen atoms in total. The van der Waals surface area contributed by atoms with Gasteiger partial charge in [-0.1, -0.05) is 6.92 Å². The van der Waals surface area contributed by atoms with E-state index in [-0.39, 0.29) is 5.82 Å². The summed E-state index contributed by atoms with van der Waals surface area (Å²) in [6.07, 6.45) is 0.777. The van der Waals surface area contributed by atoms with Gasteiger partial charge in [0.05, 0.1) is 6.61 Å². The molecule has 0 atom stereocenters. The number of hydrogen-bond acceptors (Lipinski definition) is 3. The molecule has 1 heterocycles. The van der Waals surface area contributed by atoms with Gasteiger partial charge in [-0.05, 0) is 12.5 Å². The summed E-state index contributed by atoms with van der Waals surface area (Å²) >= 11 is 1.06. The molecule has 1 rings (SSSR count). The highest BCUT2D eigenvalue weighted by atomic mass is 32.1. The molecule has 0 bridgehead atoms. The van der Waals surface area contributed by atoms with Crippen molar-refractivity contribution in [1.82, 2.24) is 0 Å². The Morgan fingerprint density at radius 1 is 1.75 bits per heavy atom. The van der Waals surface area contributed by atoms with E-state index in [1.807, 2.05) is 6.92 Å². The minimum Gasteiger partial charge on any atom is -0.462 e. The summed E-state index contributed by atoms with van der Waals surface area (Å²) in [6.45, 7) is 2.29. The average molecular weight is 188 g/mol. The van der Waals surface area contributed by atoms with Gasteiger partial charge in [-0.2, -0.15) is 0 Å². The standard InChI is InChI=1S/C8H9FO2S/c1-2-3-11-8(10)7-4-6(9)5-12-7/h4-5H,2-3H2,1H3. The molecule has 0 fully saturated rings. The second kappa shape index (κ2) is 4.21.